The van der Waals surface area contributed by atoms with Gasteiger partial charge >= 0.3 is 0 Å². The standard InChI is InChI=1S/C20H22Cl4N6S/c1-11-17(23)19(24)29(27-11)8-4-7-25-20(31)26-18-12(2)28-30(13(18)3)10-14-5-6-15(21)9-16(14)22/h5-6,9H,4,7-8,10H2,1-3H3,(H2,25,26,31). The molecule has 0 saturated heterocycles. The summed E-state index contributed by atoms with van der Waals surface area (Å²) in [6.07, 6.45) is 0.783. The summed E-state index contributed by atoms with van der Waals surface area (Å²) in [4.78, 5) is 0. The molecule has 0 fully saturated rings. The second-order valence-electron chi connectivity index (χ2n) is 7.09. The van der Waals surface area contributed by atoms with Gasteiger partial charge in [0.1, 0.15) is 10.2 Å². The summed E-state index contributed by atoms with van der Waals surface area (Å²) in [7, 11) is 0. The molecule has 166 valence electrons. The molecule has 0 atom stereocenters. The maximum Gasteiger partial charge on any atom is 0.170 e. The number of halogens is 4. The van der Waals surface area contributed by atoms with Crippen LogP contribution in [0, 0.1) is 20.8 Å². The zero-order valence-electron chi connectivity index (χ0n) is 17.3. The van der Waals surface area contributed by atoms with E-state index in [1.807, 2.05) is 37.6 Å². The Morgan fingerprint density at radius 1 is 1.03 bits per heavy atom. The van der Waals surface area contributed by atoms with Crippen molar-refractivity contribution in [1.29, 1.82) is 0 Å². The van der Waals surface area contributed by atoms with Crippen LogP contribution in [0.3, 0.4) is 0 Å². The van der Waals surface area contributed by atoms with E-state index in [4.69, 9.17) is 58.6 Å². The Morgan fingerprint density at radius 3 is 2.39 bits per heavy atom. The van der Waals surface area contributed by atoms with Crippen molar-refractivity contribution in [2.45, 2.75) is 40.3 Å². The molecule has 0 aliphatic rings. The van der Waals surface area contributed by atoms with E-state index in [0.717, 1.165) is 34.8 Å². The van der Waals surface area contributed by atoms with Crippen molar-refractivity contribution in [2.75, 3.05) is 11.9 Å². The number of hydrogen-bond acceptors (Lipinski definition) is 3. The third-order valence-electron chi connectivity index (χ3n) is 4.78. The lowest BCUT2D eigenvalue weighted by atomic mass is 10.2. The molecular weight excluding hydrogens is 498 g/mol. The lowest BCUT2D eigenvalue weighted by Crippen LogP contribution is -2.30. The van der Waals surface area contributed by atoms with Crippen molar-refractivity contribution in [1.82, 2.24) is 24.9 Å². The molecule has 0 spiro atoms. The molecule has 2 aromatic heterocycles. The molecule has 3 aromatic rings. The highest BCUT2D eigenvalue weighted by Gasteiger charge is 2.14. The van der Waals surface area contributed by atoms with Crippen LogP contribution in [0.1, 0.15) is 29.1 Å². The van der Waals surface area contributed by atoms with Crippen molar-refractivity contribution in [2.24, 2.45) is 0 Å². The van der Waals surface area contributed by atoms with E-state index in [9.17, 15) is 0 Å². The summed E-state index contributed by atoms with van der Waals surface area (Å²) < 4.78 is 3.58. The van der Waals surface area contributed by atoms with Crippen molar-refractivity contribution < 1.29 is 0 Å². The summed E-state index contributed by atoms with van der Waals surface area (Å²) in [5.74, 6) is 0. The molecule has 3 rings (SSSR count). The summed E-state index contributed by atoms with van der Waals surface area (Å²) in [5.41, 5.74) is 4.34. The van der Waals surface area contributed by atoms with Crippen molar-refractivity contribution in [3.05, 3.63) is 61.1 Å². The topological polar surface area (TPSA) is 59.7 Å². The Balaban J connectivity index is 1.55. The lowest BCUT2D eigenvalue weighted by Gasteiger charge is -2.12. The summed E-state index contributed by atoms with van der Waals surface area (Å²) in [6.45, 7) is 7.58. The van der Waals surface area contributed by atoms with Gasteiger partial charge < -0.3 is 10.6 Å². The zero-order chi connectivity index (χ0) is 22.7. The van der Waals surface area contributed by atoms with Crippen LogP contribution in [-0.4, -0.2) is 31.2 Å². The molecule has 0 bridgehead atoms. The molecule has 11 heteroatoms. The Hall–Kier alpha value is -1.51. The normalized spacial score (nSPS) is 11.1. The maximum atomic E-state index is 6.30. The number of rotatable bonds is 7. The lowest BCUT2D eigenvalue weighted by molar-refractivity contribution is 0.571. The molecule has 0 radical (unpaired) electrons. The molecule has 0 saturated carbocycles. The van der Waals surface area contributed by atoms with Gasteiger partial charge in [-0.3, -0.25) is 9.36 Å². The van der Waals surface area contributed by atoms with Gasteiger partial charge in [-0.05, 0) is 57.1 Å². The average Bonchev–Trinajstić information content (AvgIpc) is 3.11. The number of hydrogen-bond donors (Lipinski definition) is 2. The van der Waals surface area contributed by atoms with Crippen molar-refractivity contribution >= 4 is 69.4 Å². The van der Waals surface area contributed by atoms with Gasteiger partial charge in [0.05, 0.1) is 29.3 Å². The Bertz CT molecular complexity index is 1110. The summed E-state index contributed by atoms with van der Waals surface area (Å²) in [6, 6.07) is 5.45. The highest BCUT2D eigenvalue weighted by atomic mass is 35.5. The first-order valence-electron chi connectivity index (χ1n) is 9.58. The predicted octanol–water partition coefficient (Wildman–Crippen LogP) is 6.04. The fourth-order valence-corrected chi connectivity index (χ4v) is 4.18. The van der Waals surface area contributed by atoms with E-state index < -0.39 is 0 Å². The van der Waals surface area contributed by atoms with Gasteiger partial charge in [0.2, 0.25) is 0 Å². The largest absolute Gasteiger partial charge is 0.362 e. The SMILES string of the molecule is Cc1nn(CCCNC(=S)Nc2c(C)nn(Cc3ccc(Cl)cc3Cl)c2C)c(Cl)c1Cl. The minimum atomic E-state index is 0.458. The van der Waals surface area contributed by atoms with Crippen LogP contribution in [0.15, 0.2) is 18.2 Å². The van der Waals surface area contributed by atoms with E-state index in [1.165, 1.54) is 0 Å². The minimum absolute atomic E-state index is 0.458. The molecule has 2 heterocycles. The number of aromatic nitrogens is 4. The first-order chi connectivity index (χ1) is 14.7. The third-order valence-corrected chi connectivity index (χ3v) is 6.55. The number of anilines is 1. The summed E-state index contributed by atoms with van der Waals surface area (Å²) in [5, 5.41) is 18.1. The second kappa shape index (κ2) is 10.4. The van der Waals surface area contributed by atoms with Gasteiger partial charge in [-0.2, -0.15) is 10.2 Å². The van der Waals surface area contributed by atoms with Crippen molar-refractivity contribution in [3.63, 3.8) is 0 Å². The fourth-order valence-electron chi connectivity index (χ4n) is 3.11. The molecule has 2 N–H and O–H groups in total. The van der Waals surface area contributed by atoms with Crippen LogP contribution in [0.5, 0.6) is 0 Å². The first-order valence-corrected chi connectivity index (χ1v) is 11.5. The number of nitrogens with zero attached hydrogens (tertiary/aromatic N) is 4. The smallest absolute Gasteiger partial charge is 0.170 e. The minimum Gasteiger partial charge on any atom is -0.362 e. The maximum absolute atomic E-state index is 6.30. The van der Waals surface area contributed by atoms with E-state index in [1.54, 1.807) is 10.7 Å². The number of aryl methyl sites for hydroxylation is 3. The monoisotopic (exact) mass is 518 g/mol. The van der Waals surface area contributed by atoms with Crippen LogP contribution >= 0.6 is 58.6 Å². The first kappa shape index (κ1) is 24.1. The van der Waals surface area contributed by atoms with E-state index in [-0.39, 0.29) is 0 Å². The van der Waals surface area contributed by atoms with Gasteiger partial charge in [0.25, 0.3) is 0 Å². The van der Waals surface area contributed by atoms with Crippen LogP contribution in [0.4, 0.5) is 5.69 Å². The van der Waals surface area contributed by atoms with E-state index >= 15 is 0 Å². The molecule has 0 amide bonds. The molecule has 0 unspecified atom stereocenters. The molecule has 31 heavy (non-hydrogen) atoms. The van der Waals surface area contributed by atoms with E-state index in [2.05, 4.69) is 20.8 Å². The molecule has 6 nitrogen and oxygen atoms in total. The Morgan fingerprint density at radius 2 is 1.74 bits per heavy atom. The highest BCUT2D eigenvalue weighted by molar-refractivity contribution is 7.80. The Labute approximate surface area is 206 Å². The molecule has 0 aliphatic heterocycles. The van der Waals surface area contributed by atoms with Crippen LogP contribution in [-0.2, 0) is 13.1 Å². The average molecular weight is 520 g/mol. The molecule has 0 aliphatic carbocycles. The number of nitrogens with one attached hydrogen (secondary N) is 2. The second-order valence-corrected chi connectivity index (χ2v) is 9.07. The van der Waals surface area contributed by atoms with Gasteiger partial charge in [-0.1, -0.05) is 52.5 Å². The van der Waals surface area contributed by atoms with Crippen LogP contribution < -0.4 is 10.6 Å². The van der Waals surface area contributed by atoms with Gasteiger partial charge in [0, 0.05) is 23.1 Å². The molecule has 1 aromatic carbocycles. The van der Waals surface area contributed by atoms with Gasteiger partial charge in [-0.15, -0.1) is 0 Å². The Kier molecular flexibility index (Phi) is 8.10. The summed E-state index contributed by atoms with van der Waals surface area (Å²) >= 11 is 30.0. The number of benzene rings is 1. The van der Waals surface area contributed by atoms with Gasteiger partial charge in [-0.25, -0.2) is 0 Å². The van der Waals surface area contributed by atoms with E-state index in [0.29, 0.717) is 45.0 Å². The van der Waals surface area contributed by atoms with Crippen LogP contribution in [0.2, 0.25) is 20.2 Å². The van der Waals surface area contributed by atoms with Crippen LogP contribution in [0.25, 0.3) is 0 Å². The highest BCUT2D eigenvalue weighted by Crippen LogP contribution is 2.26. The van der Waals surface area contributed by atoms with Crippen molar-refractivity contribution in [3.8, 4) is 0 Å². The number of thiocarbonyl (C=S) groups is 1. The zero-order valence-corrected chi connectivity index (χ0v) is 21.1. The van der Waals surface area contributed by atoms with Gasteiger partial charge in [0.15, 0.2) is 5.11 Å². The predicted molar refractivity (Wildman–Crippen MR) is 133 cm³/mol. The third kappa shape index (κ3) is 5.84. The fraction of sp³-hybridized carbons (Fsp3) is 0.350. The molecular formula is C20H22Cl4N6S. The quantitative estimate of drug-likeness (QED) is 0.294.